The van der Waals surface area contributed by atoms with Gasteiger partial charge in [0.15, 0.2) is 0 Å². The lowest BCUT2D eigenvalue weighted by Gasteiger charge is -2.18. The predicted octanol–water partition coefficient (Wildman–Crippen LogP) is 2.30. The molecule has 3 N–H and O–H groups in total. The molecule has 0 unspecified atom stereocenters. The van der Waals surface area contributed by atoms with E-state index in [0.717, 1.165) is 0 Å². The maximum atomic E-state index is 13.1. The van der Waals surface area contributed by atoms with E-state index in [2.05, 4.69) is 10.6 Å². The maximum Gasteiger partial charge on any atom is 0.321 e. The molecule has 3 amide bonds. The smallest absolute Gasteiger partial charge is 0.321 e. The van der Waals surface area contributed by atoms with E-state index < -0.39 is 23.7 Å². The number of amides is 3. The van der Waals surface area contributed by atoms with E-state index >= 15 is 0 Å². The van der Waals surface area contributed by atoms with Crippen LogP contribution in [0.2, 0.25) is 0 Å². The van der Waals surface area contributed by atoms with E-state index in [1.807, 2.05) is 0 Å². The summed E-state index contributed by atoms with van der Waals surface area (Å²) in [5, 5.41) is 14.5. The van der Waals surface area contributed by atoms with Crippen LogP contribution >= 0.6 is 0 Å². The fraction of sp³-hybridized carbons (Fsp3) is 0.211. The maximum absolute atomic E-state index is 13.1. The molecule has 3 rings (SSSR count). The molecule has 8 heteroatoms. The summed E-state index contributed by atoms with van der Waals surface area (Å²) in [7, 11) is 0. The Kier molecular flexibility index (Phi) is 5.35. The molecule has 0 bridgehead atoms. The summed E-state index contributed by atoms with van der Waals surface area (Å²) >= 11 is 0. The SMILES string of the molecule is O=C(O)C[C@H](NC(=O)c1ccc(N2CCNC2=O)cc1)c1ccc(F)cc1. The van der Waals surface area contributed by atoms with Gasteiger partial charge in [-0.25, -0.2) is 9.18 Å². The highest BCUT2D eigenvalue weighted by molar-refractivity contribution is 5.97. The summed E-state index contributed by atoms with van der Waals surface area (Å²) in [6, 6.07) is 10.8. The molecule has 140 valence electrons. The van der Waals surface area contributed by atoms with Crippen molar-refractivity contribution in [3.05, 3.63) is 65.5 Å². The second-order valence-electron chi connectivity index (χ2n) is 6.11. The summed E-state index contributed by atoms with van der Waals surface area (Å²) in [5.41, 5.74) is 1.50. The molecule has 0 aromatic heterocycles. The largest absolute Gasteiger partial charge is 0.481 e. The van der Waals surface area contributed by atoms with Crippen LogP contribution in [0.1, 0.15) is 28.4 Å². The van der Waals surface area contributed by atoms with Gasteiger partial charge in [0.25, 0.3) is 5.91 Å². The van der Waals surface area contributed by atoms with Crippen LogP contribution in [0.5, 0.6) is 0 Å². The topological polar surface area (TPSA) is 98.7 Å². The van der Waals surface area contributed by atoms with E-state index in [0.29, 0.717) is 29.9 Å². The minimum atomic E-state index is -1.08. The van der Waals surface area contributed by atoms with Crippen molar-refractivity contribution in [3.8, 4) is 0 Å². The number of rotatable bonds is 6. The van der Waals surface area contributed by atoms with Crippen molar-refractivity contribution in [2.75, 3.05) is 18.0 Å². The van der Waals surface area contributed by atoms with E-state index in [1.54, 1.807) is 29.2 Å². The summed E-state index contributed by atoms with van der Waals surface area (Å²) < 4.78 is 13.1. The van der Waals surface area contributed by atoms with Crippen LogP contribution in [-0.4, -0.2) is 36.1 Å². The molecule has 2 aromatic carbocycles. The average Bonchev–Trinajstić information content (AvgIpc) is 3.07. The van der Waals surface area contributed by atoms with Gasteiger partial charge in [0, 0.05) is 24.3 Å². The normalized spacial score (nSPS) is 14.6. The summed E-state index contributed by atoms with van der Waals surface area (Å²) in [6.07, 6.45) is -0.330. The molecule has 1 atom stereocenters. The number of anilines is 1. The number of carbonyl (C=O) groups excluding carboxylic acids is 2. The third-order valence-electron chi connectivity index (χ3n) is 4.25. The minimum absolute atomic E-state index is 0.190. The number of hydrogen-bond acceptors (Lipinski definition) is 3. The molecule has 7 nitrogen and oxygen atoms in total. The Bertz CT molecular complexity index is 852. The van der Waals surface area contributed by atoms with Gasteiger partial charge >= 0.3 is 12.0 Å². The first kappa shape index (κ1) is 18.4. The Morgan fingerprint density at radius 3 is 2.37 bits per heavy atom. The van der Waals surface area contributed by atoms with Crippen LogP contribution in [0, 0.1) is 5.82 Å². The molecule has 1 aliphatic rings. The van der Waals surface area contributed by atoms with Gasteiger partial charge in [0.2, 0.25) is 0 Å². The summed E-state index contributed by atoms with van der Waals surface area (Å²) in [4.78, 5) is 36.9. The highest BCUT2D eigenvalue weighted by atomic mass is 19.1. The molecule has 1 fully saturated rings. The van der Waals surface area contributed by atoms with Gasteiger partial charge in [0.05, 0.1) is 12.5 Å². The van der Waals surface area contributed by atoms with Gasteiger partial charge in [-0.05, 0) is 42.0 Å². The zero-order valence-corrected chi connectivity index (χ0v) is 14.3. The molecule has 27 heavy (non-hydrogen) atoms. The first-order valence-corrected chi connectivity index (χ1v) is 8.37. The van der Waals surface area contributed by atoms with Gasteiger partial charge in [-0.15, -0.1) is 0 Å². The monoisotopic (exact) mass is 371 g/mol. The molecule has 0 saturated carbocycles. The van der Waals surface area contributed by atoms with E-state index in [1.165, 1.54) is 24.3 Å². The zero-order valence-electron chi connectivity index (χ0n) is 14.3. The third-order valence-corrected chi connectivity index (χ3v) is 4.25. The van der Waals surface area contributed by atoms with Crippen LogP contribution < -0.4 is 15.5 Å². The molecule has 0 radical (unpaired) electrons. The Hall–Kier alpha value is -3.42. The third kappa shape index (κ3) is 4.41. The number of nitrogens with zero attached hydrogens (tertiary/aromatic N) is 1. The lowest BCUT2D eigenvalue weighted by Crippen LogP contribution is -2.30. The second-order valence-corrected chi connectivity index (χ2v) is 6.11. The number of carbonyl (C=O) groups is 3. The fourth-order valence-electron chi connectivity index (χ4n) is 2.87. The van der Waals surface area contributed by atoms with Crippen molar-refractivity contribution in [1.82, 2.24) is 10.6 Å². The van der Waals surface area contributed by atoms with Gasteiger partial charge in [0.1, 0.15) is 5.82 Å². The minimum Gasteiger partial charge on any atom is -0.481 e. The number of nitrogens with one attached hydrogen (secondary N) is 2. The molecule has 2 aromatic rings. The molecule has 1 saturated heterocycles. The quantitative estimate of drug-likeness (QED) is 0.726. The highest BCUT2D eigenvalue weighted by Gasteiger charge is 2.22. The van der Waals surface area contributed by atoms with Crippen LogP contribution in [0.4, 0.5) is 14.9 Å². The van der Waals surface area contributed by atoms with Crippen molar-refractivity contribution in [2.45, 2.75) is 12.5 Å². The van der Waals surface area contributed by atoms with E-state index in [-0.39, 0.29) is 12.5 Å². The molecular formula is C19H18FN3O4. The highest BCUT2D eigenvalue weighted by Crippen LogP contribution is 2.20. The number of carboxylic acids is 1. The first-order chi connectivity index (χ1) is 12.9. The lowest BCUT2D eigenvalue weighted by molar-refractivity contribution is -0.137. The summed E-state index contributed by atoms with van der Waals surface area (Å²) in [6.45, 7) is 1.12. The van der Waals surface area contributed by atoms with Crippen molar-refractivity contribution in [1.29, 1.82) is 0 Å². The second kappa shape index (κ2) is 7.86. The van der Waals surface area contributed by atoms with Gasteiger partial charge in [-0.1, -0.05) is 12.1 Å². The summed E-state index contributed by atoms with van der Waals surface area (Å²) in [5.74, 6) is -1.98. The Labute approximate surface area is 154 Å². The fourth-order valence-corrected chi connectivity index (χ4v) is 2.87. The Balaban J connectivity index is 1.74. The number of hydrogen-bond donors (Lipinski definition) is 3. The number of benzene rings is 2. The van der Waals surface area contributed by atoms with Crippen molar-refractivity contribution in [3.63, 3.8) is 0 Å². The lowest BCUT2D eigenvalue weighted by atomic mass is 10.0. The number of urea groups is 1. The van der Waals surface area contributed by atoms with Gasteiger partial charge in [-0.2, -0.15) is 0 Å². The van der Waals surface area contributed by atoms with Crippen molar-refractivity contribution >= 4 is 23.6 Å². The standard InChI is InChI=1S/C19H18FN3O4/c20-14-5-1-12(2-6-14)16(11-17(24)25)22-18(26)13-3-7-15(8-4-13)23-10-9-21-19(23)27/h1-8,16H,9-11H2,(H,21,27)(H,22,26)(H,24,25)/t16-/m0/s1. The molecular weight excluding hydrogens is 353 g/mol. The molecule has 1 heterocycles. The Morgan fingerprint density at radius 1 is 1.15 bits per heavy atom. The van der Waals surface area contributed by atoms with Crippen LogP contribution in [-0.2, 0) is 4.79 Å². The first-order valence-electron chi connectivity index (χ1n) is 8.37. The van der Waals surface area contributed by atoms with Gasteiger partial charge < -0.3 is 15.7 Å². The molecule has 1 aliphatic heterocycles. The van der Waals surface area contributed by atoms with Crippen LogP contribution in [0.3, 0.4) is 0 Å². The van der Waals surface area contributed by atoms with Gasteiger partial charge in [-0.3, -0.25) is 14.5 Å². The van der Waals surface area contributed by atoms with E-state index in [4.69, 9.17) is 5.11 Å². The zero-order chi connectivity index (χ0) is 19.4. The Morgan fingerprint density at radius 2 is 1.81 bits per heavy atom. The van der Waals surface area contributed by atoms with Crippen molar-refractivity contribution in [2.24, 2.45) is 0 Å². The van der Waals surface area contributed by atoms with Crippen LogP contribution in [0.15, 0.2) is 48.5 Å². The number of halogens is 1. The van der Waals surface area contributed by atoms with Crippen LogP contribution in [0.25, 0.3) is 0 Å². The molecule has 0 aliphatic carbocycles. The number of aliphatic carboxylic acids is 1. The predicted molar refractivity (Wildman–Crippen MR) is 96.0 cm³/mol. The number of carboxylic acid groups (broad SMARTS) is 1. The molecule has 0 spiro atoms. The average molecular weight is 371 g/mol. The van der Waals surface area contributed by atoms with E-state index in [9.17, 15) is 18.8 Å². The van der Waals surface area contributed by atoms with Crippen molar-refractivity contribution < 1.29 is 23.9 Å².